The lowest BCUT2D eigenvalue weighted by Crippen LogP contribution is -2.39. The fraction of sp³-hybridized carbons (Fsp3) is 0.917. The Kier molecular flexibility index (Phi) is 7.39. The standard InChI is InChI=1S/C12H25NO2/c1-5-10(4)9-13(7-3)11(6-2)8-12(14)15/h10-11H,5-9H2,1-4H3,(H,14,15). The van der Waals surface area contributed by atoms with Crippen molar-refractivity contribution in [1.29, 1.82) is 0 Å². The highest BCUT2D eigenvalue weighted by Gasteiger charge is 2.19. The molecule has 1 N–H and O–H groups in total. The second-order valence-electron chi connectivity index (χ2n) is 4.26. The smallest absolute Gasteiger partial charge is 0.304 e. The average molecular weight is 215 g/mol. The lowest BCUT2D eigenvalue weighted by molar-refractivity contribution is -0.138. The van der Waals surface area contributed by atoms with E-state index < -0.39 is 5.97 Å². The second kappa shape index (κ2) is 7.69. The zero-order valence-corrected chi connectivity index (χ0v) is 10.5. The molecule has 0 aliphatic heterocycles. The Morgan fingerprint density at radius 2 is 1.87 bits per heavy atom. The summed E-state index contributed by atoms with van der Waals surface area (Å²) in [7, 11) is 0. The molecule has 3 heteroatoms. The molecule has 15 heavy (non-hydrogen) atoms. The van der Waals surface area contributed by atoms with Crippen LogP contribution in [0.3, 0.4) is 0 Å². The number of carboxylic acids is 1. The summed E-state index contributed by atoms with van der Waals surface area (Å²) in [5.41, 5.74) is 0. The quantitative estimate of drug-likeness (QED) is 0.676. The molecule has 0 aromatic heterocycles. The van der Waals surface area contributed by atoms with E-state index in [-0.39, 0.29) is 12.5 Å². The third kappa shape index (κ3) is 5.78. The molecule has 0 aromatic carbocycles. The van der Waals surface area contributed by atoms with Gasteiger partial charge in [0.1, 0.15) is 0 Å². The minimum Gasteiger partial charge on any atom is -0.481 e. The third-order valence-corrected chi connectivity index (χ3v) is 3.05. The summed E-state index contributed by atoms with van der Waals surface area (Å²) in [6.45, 7) is 10.5. The molecule has 0 heterocycles. The van der Waals surface area contributed by atoms with Crippen molar-refractivity contribution < 1.29 is 9.90 Å². The van der Waals surface area contributed by atoms with Crippen molar-refractivity contribution in [2.75, 3.05) is 13.1 Å². The van der Waals surface area contributed by atoms with Crippen LogP contribution in [0, 0.1) is 5.92 Å². The van der Waals surface area contributed by atoms with Gasteiger partial charge in [-0.1, -0.05) is 34.1 Å². The molecule has 0 fully saturated rings. The van der Waals surface area contributed by atoms with Crippen molar-refractivity contribution in [1.82, 2.24) is 4.90 Å². The first-order chi connectivity index (χ1) is 7.04. The zero-order chi connectivity index (χ0) is 11.8. The molecular formula is C12H25NO2. The second-order valence-corrected chi connectivity index (χ2v) is 4.26. The van der Waals surface area contributed by atoms with Crippen LogP contribution in [0.1, 0.15) is 47.0 Å². The molecule has 3 nitrogen and oxygen atoms in total. The van der Waals surface area contributed by atoms with Crippen LogP contribution in [0.25, 0.3) is 0 Å². The van der Waals surface area contributed by atoms with Crippen molar-refractivity contribution >= 4 is 5.97 Å². The molecule has 0 saturated carbocycles. The summed E-state index contributed by atoms with van der Waals surface area (Å²) in [6.07, 6.45) is 2.33. The van der Waals surface area contributed by atoms with E-state index in [1.54, 1.807) is 0 Å². The normalized spacial score (nSPS) is 15.3. The van der Waals surface area contributed by atoms with Crippen molar-refractivity contribution in [3.8, 4) is 0 Å². The van der Waals surface area contributed by atoms with Crippen LogP contribution >= 0.6 is 0 Å². The Balaban J connectivity index is 4.26. The number of hydrogen-bond donors (Lipinski definition) is 1. The van der Waals surface area contributed by atoms with Gasteiger partial charge in [0.15, 0.2) is 0 Å². The van der Waals surface area contributed by atoms with Gasteiger partial charge in [-0.15, -0.1) is 0 Å². The van der Waals surface area contributed by atoms with Crippen LogP contribution in [-0.4, -0.2) is 35.1 Å². The van der Waals surface area contributed by atoms with E-state index >= 15 is 0 Å². The Morgan fingerprint density at radius 1 is 1.27 bits per heavy atom. The molecule has 0 aliphatic rings. The maximum atomic E-state index is 10.7. The average Bonchev–Trinajstić information content (AvgIpc) is 2.22. The number of aliphatic carboxylic acids is 1. The van der Waals surface area contributed by atoms with Gasteiger partial charge in [0.2, 0.25) is 0 Å². The number of hydrogen-bond acceptors (Lipinski definition) is 2. The van der Waals surface area contributed by atoms with E-state index in [1.807, 2.05) is 0 Å². The molecule has 0 bridgehead atoms. The summed E-state index contributed by atoms with van der Waals surface area (Å²) in [5, 5.41) is 8.82. The van der Waals surface area contributed by atoms with Crippen LogP contribution in [0.4, 0.5) is 0 Å². The van der Waals surface area contributed by atoms with Gasteiger partial charge in [-0.05, 0) is 18.9 Å². The van der Waals surface area contributed by atoms with Crippen molar-refractivity contribution in [3.05, 3.63) is 0 Å². The summed E-state index contributed by atoms with van der Waals surface area (Å²) < 4.78 is 0. The van der Waals surface area contributed by atoms with Gasteiger partial charge in [-0.2, -0.15) is 0 Å². The minimum absolute atomic E-state index is 0.196. The molecule has 2 unspecified atom stereocenters. The van der Waals surface area contributed by atoms with Gasteiger partial charge in [0.25, 0.3) is 0 Å². The van der Waals surface area contributed by atoms with Crippen LogP contribution in [0.5, 0.6) is 0 Å². The Labute approximate surface area is 93.5 Å². The monoisotopic (exact) mass is 215 g/mol. The molecule has 0 amide bonds. The highest BCUT2D eigenvalue weighted by atomic mass is 16.4. The number of nitrogens with zero attached hydrogens (tertiary/aromatic N) is 1. The van der Waals surface area contributed by atoms with Crippen molar-refractivity contribution in [2.45, 2.75) is 53.0 Å². The van der Waals surface area contributed by atoms with Crippen molar-refractivity contribution in [2.24, 2.45) is 5.92 Å². The maximum Gasteiger partial charge on any atom is 0.304 e. The largest absolute Gasteiger partial charge is 0.481 e. The Hall–Kier alpha value is -0.570. The van der Waals surface area contributed by atoms with Crippen LogP contribution in [0.15, 0.2) is 0 Å². The molecular weight excluding hydrogens is 190 g/mol. The number of carbonyl (C=O) groups is 1. The van der Waals surface area contributed by atoms with E-state index in [2.05, 4.69) is 32.6 Å². The summed E-state index contributed by atoms with van der Waals surface area (Å²) >= 11 is 0. The Morgan fingerprint density at radius 3 is 2.20 bits per heavy atom. The zero-order valence-electron chi connectivity index (χ0n) is 10.5. The molecule has 2 atom stereocenters. The van der Waals surface area contributed by atoms with Crippen LogP contribution in [-0.2, 0) is 4.79 Å². The first kappa shape index (κ1) is 14.4. The van der Waals surface area contributed by atoms with E-state index in [9.17, 15) is 4.79 Å². The lowest BCUT2D eigenvalue weighted by Gasteiger charge is -2.31. The fourth-order valence-electron chi connectivity index (χ4n) is 1.80. The first-order valence-electron chi connectivity index (χ1n) is 6.00. The third-order valence-electron chi connectivity index (χ3n) is 3.05. The highest BCUT2D eigenvalue weighted by Crippen LogP contribution is 2.13. The van der Waals surface area contributed by atoms with Crippen LogP contribution in [0.2, 0.25) is 0 Å². The highest BCUT2D eigenvalue weighted by molar-refractivity contribution is 5.67. The molecule has 0 radical (unpaired) electrons. The summed E-state index contributed by atoms with van der Waals surface area (Å²) in [5.74, 6) is -0.0442. The van der Waals surface area contributed by atoms with Gasteiger partial charge in [0, 0.05) is 12.6 Å². The molecule has 90 valence electrons. The summed E-state index contributed by atoms with van der Waals surface area (Å²) in [6, 6.07) is 0.196. The maximum absolute atomic E-state index is 10.7. The number of carboxylic acid groups (broad SMARTS) is 1. The van der Waals surface area contributed by atoms with Crippen molar-refractivity contribution in [3.63, 3.8) is 0 Å². The first-order valence-corrected chi connectivity index (χ1v) is 6.00. The molecule has 0 aliphatic carbocycles. The SMILES string of the molecule is CCC(C)CN(CC)C(CC)CC(=O)O. The topological polar surface area (TPSA) is 40.5 Å². The van der Waals surface area contributed by atoms with E-state index in [0.29, 0.717) is 5.92 Å². The van der Waals surface area contributed by atoms with E-state index in [0.717, 1.165) is 25.9 Å². The lowest BCUT2D eigenvalue weighted by atomic mass is 10.0. The summed E-state index contributed by atoms with van der Waals surface area (Å²) in [4.78, 5) is 13.0. The van der Waals surface area contributed by atoms with Gasteiger partial charge >= 0.3 is 5.97 Å². The Bertz CT molecular complexity index is 182. The van der Waals surface area contributed by atoms with Gasteiger partial charge < -0.3 is 5.11 Å². The van der Waals surface area contributed by atoms with Crippen LogP contribution < -0.4 is 0 Å². The molecule has 0 rings (SSSR count). The predicted octanol–water partition coefficient (Wildman–Crippen LogP) is 2.61. The van der Waals surface area contributed by atoms with E-state index in [4.69, 9.17) is 5.11 Å². The molecule has 0 spiro atoms. The van der Waals surface area contributed by atoms with Gasteiger partial charge in [-0.3, -0.25) is 9.69 Å². The number of rotatable bonds is 8. The minimum atomic E-state index is -0.690. The van der Waals surface area contributed by atoms with E-state index in [1.165, 1.54) is 0 Å². The van der Waals surface area contributed by atoms with Gasteiger partial charge in [-0.25, -0.2) is 0 Å². The van der Waals surface area contributed by atoms with Gasteiger partial charge in [0.05, 0.1) is 6.42 Å². The predicted molar refractivity (Wildman–Crippen MR) is 63.0 cm³/mol. The molecule has 0 aromatic rings. The molecule has 0 saturated heterocycles. The fourth-order valence-corrected chi connectivity index (χ4v) is 1.80.